The Morgan fingerprint density at radius 3 is 2.62 bits per heavy atom. The molecule has 1 aromatic carbocycles. The molecule has 0 aliphatic rings. The summed E-state index contributed by atoms with van der Waals surface area (Å²) in [6, 6.07) is 8.01. The Bertz CT molecular complexity index is 299. The third kappa shape index (κ3) is 3.31. The Labute approximate surface area is 89.1 Å². The van der Waals surface area contributed by atoms with Gasteiger partial charge >= 0.3 is 89.0 Å². The first-order valence-corrected chi connectivity index (χ1v) is 5.15. The van der Waals surface area contributed by atoms with Crippen molar-refractivity contribution in [3.63, 3.8) is 0 Å². The number of benzene rings is 1. The molecule has 13 heavy (non-hydrogen) atoms. The number of aldehydes is 1. The third-order valence-corrected chi connectivity index (χ3v) is 2.38. The van der Waals surface area contributed by atoms with E-state index in [0.29, 0.717) is 6.42 Å². The van der Waals surface area contributed by atoms with Gasteiger partial charge in [0.2, 0.25) is 0 Å². The van der Waals surface area contributed by atoms with Crippen LogP contribution in [0.15, 0.2) is 27.8 Å². The van der Waals surface area contributed by atoms with Crippen LogP contribution in [0.4, 0.5) is 0 Å². The van der Waals surface area contributed by atoms with Gasteiger partial charge in [0, 0.05) is 0 Å². The monoisotopic (exact) mass is 356 g/mol. The molecular formula is C10H11NOPt. The summed E-state index contributed by atoms with van der Waals surface area (Å²) in [6.45, 7) is 0.817. The molecule has 0 amide bonds. The zero-order chi connectivity index (χ0) is 9.52. The van der Waals surface area contributed by atoms with Gasteiger partial charge in [-0.2, -0.15) is 0 Å². The Kier molecular flexibility index (Phi) is 4.77. The molecule has 0 spiro atoms. The second-order valence-electron chi connectivity index (χ2n) is 2.71. The predicted octanol–water partition coefficient (Wildman–Crippen LogP) is 1.70. The normalized spacial score (nSPS) is 9.69. The Balaban J connectivity index is 2.77. The molecule has 1 aromatic rings. The van der Waals surface area contributed by atoms with Gasteiger partial charge in [-0.1, -0.05) is 0 Å². The first-order chi connectivity index (χ1) is 6.38. The fourth-order valence-electron chi connectivity index (χ4n) is 1.25. The van der Waals surface area contributed by atoms with E-state index >= 15 is 0 Å². The molecule has 0 saturated carbocycles. The molecule has 0 bridgehead atoms. The van der Waals surface area contributed by atoms with Crippen LogP contribution in [0.3, 0.4) is 0 Å². The van der Waals surface area contributed by atoms with Gasteiger partial charge in [-0.15, -0.1) is 0 Å². The Morgan fingerprint density at radius 2 is 2.00 bits per heavy atom. The number of hydrogen-bond acceptors (Lipinski definition) is 2. The molecule has 0 N–H and O–H groups in total. The number of nitrogens with zero attached hydrogens (tertiary/aromatic N) is 1. The number of hydrogen-bond donors (Lipinski definition) is 0. The van der Waals surface area contributed by atoms with E-state index in [-0.39, 0.29) is 0 Å². The molecule has 0 atom stereocenters. The second kappa shape index (κ2) is 5.93. The number of carbonyl (C=O) groups excluding carboxylic acids is 1. The van der Waals surface area contributed by atoms with Crippen molar-refractivity contribution in [2.75, 3.05) is 6.54 Å². The van der Waals surface area contributed by atoms with Crippen LogP contribution in [0.2, 0.25) is 0 Å². The molecule has 0 radical (unpaired) electrons. The molecule has 0 fully saturated rings. The zero-order valence-corrected chi connectivity index (χ0v) is 9.45. The molecule has 72 valence electrons. The first-order valence-electron chi connectivity index (χ1n) is 4.14. The van der Waals surface area contributed by atoms with Crippen molar-refractivity contribution in [1.82, 2.24) is 0 Å². The van der Waals surface area contributed by atoms with Crippen LogP contribution in [-0.2, 0) is 37.3 Å². The maximum absolute atomic E-state index is 10.4. The molecule has 0 aliphatic carbocycles. The van der Waals surface area contributed by atoms with Crippen LogP contribution in [0.1, 0.15) is 11.1 Å². The van der Waals surface area contributed by atoms with Gasteiger partial charge in [0.15, 0.2) is 0 Å². The zero-order valence-electron chi connectivity index (χ0n) is 7.18. The summed E-state index contributed by atoms with van der Waals surface area (Å²) in [4.78, 5) is 10.4. The molecular weight excluding hydrogens is 345 g/mol. The standard InChI is InChI=1S/C10H11NO.Pt/c11-7-5-9-3-1-2-4-10(9)6-8-12;/h1-4,8H,5-7H2;. The third-order valence-electron chi connectivity index (χ3n) is 1.87. The van der Waals surface area contributed by atoms with Gasteiger partial charge in [-0.3, -0.25) is 0 Å². The van der Waals surface area contributed by atoms with E-state index in [1.165, 1.54) is 5.56 Å². The van der Waals surface area contributed by atoms with Crippen molar-refractivity contribution in [3.8, 4) is 0 Å². The average molecular weight is 356 g/mol. The van der Waals surface area contributed by atoms with Crippen molar-refractivity contribution in [2.45, 2.75) is 12.8 Å². The van der Waals surface area contributed by atoms with Crippen LogP contribution in [0.25, 0.3) is 0 Å². The molecule has 0 saturated heterocycles. The summed E-state index contributed by atoms with van der Waals surface area (Å²) < 4.78 is 4.02. The van der Waals surface area contributed by atoms with E-state index in [9.17, 15) is 4.79 Å². The van der Waals surface area contributed by atoms with Gasteiger partial charge in [-0.25, -0.2) is 0 Å². The van der Waals surface area contributed by atoms with Gasteiger partial charge < -0.3 is 0 Å². The Hall–Kier alpha value is -0.622. The summed E-state index contributed by atoms with van der Waals surface area (Å²) in [5, 5.41) is 0. The summed E-state index contributed by atoms with van der Waals surface area (Å²) in [5.74, 6) is 0. The van der Waals surface area contributed by atoms with E-state index in [4.69, 9.17) is 0 Å². The summed E-state index contributed by atoms with van der Waals surface area (Å²) in [6.07, 6.45) is 2.38. The molecule has 3 heteroatoms. The Morgan fingerprint density at radius 1 is 1.31 bits per heavy atom. The molecule has 0 aromatic heterocycles. The van der Waals surface area contributed by atoms with Crippen molar-refractivity contribution < 1.29 is 24.4 Å². The van der Waals surface area contributed by atoms with Gasteiger partial charge in [-0.05, 0) is 0 Å². The SMILES string of the molecule is O=CCc1ccccc1CC[N]=[Pt]. The quantitative estimate of drug-likeness (QED) is 0.739. The van der Waals surface area contributed by atoms with E-state index < -0.39 is 0 Å². The van der Waals surface area contributed by atoms with Crippen molar-refractivity contribution in [3.05, 3.63) is 35.4 Å². The molecule has 2 nitrogen and oxygen atoms in total. The second-order valence-corrected chi connectivity index (χ2v) is 3.43. The van der Waals surface area contributed by atoms with Gasteiger partial charge in [0.05, 0.1) is 0 Å². The first kappa shape index (κ1) is 10.5. The summed E-state index contributed by atoms with van der Waals surface area (Å²) in [5.41, 5.74) is 2.35. The maximum atomic E-state index is 10.4. The fraction of sp³-hybridized carbons (Fsp3) is 0.300. The fourth-order valence-corrected chi connectivity index (χ4v) is 1.50. The minimum absolute atomic E-state index is 0.512. The van der Waals surface area contributed by atoms with Crippen LogP contribution in [-0.4, -0.2) is 12.8 Å². The van der Waals surface area contributed by atoms with E-state index in [0.717, 1.165) is 24.8 Å². The number of carbonyl (C=O) groups is 1. The summed E-state index contributed by atoms with van der Waals surface area (Å²) in [7, 11) is 0. The molecule has 0 aliphatic heterocycles. The van der Waals surface area contributed by atoms with Gasteiger partial charge in [0.25, 0.3) is 0 Å². The summed E-state index contributed by atoms with van der Waals surface area (Å²) >= 11 is 1.99. The molecule has 0 heterocycles. The minimum atomic E-state index is 0.512. The number of rotatable bonds is 5. The van der Waals surface area contributed by atoms with Crippen molar-refractivity contribution >= 4 is 6.29 Å². The van der Waals surface area contributed by atoms with Crippen LogP contribution in [0, 0.1) is 0 Å². The molecule has 1 rings (SSSR count). The molecule has 0 unspecified atom stereocenters. The van der Waals surface area contributed by atoms with Crippen LogP contribution < -0.4 is 0 Å². The average Bonchev–Trinajstić information content (AvgIpc) is 2.17. The predicted molar refractivity (Wildman–Crippen MR) is 47.2 cm³/mol. The topological polar surface area (TPSA) is 29.4 Å². The van der Waals surface area contributed by atoms with Gasteiger partial charge in [0.1, 0.15) is 0 Å². The van der Waals surface area contributed by atoms with Crippen molar-refractivity contribution in [1.29, 1.82) is 0 Å². The van der Waals surface area contributed by atoms with E-state index in [1.807, 2.05) is 37.8 Å². The van der Waals surface area contributed by atoms with Crippen LogP contribution in [0.5, 0.6) is 0 Å². The van der Waals surface area contributed by atoms with Crippen molar-refractivity contribution in [2.24, 2.45) is 3.50 Å². The van der Waals surface area contributed by atoms with E-state index in [2.05, 4.69) is 9.56 Å². The van der Waals surface area contributed by atoms with Crippen LogP contribution >= 0.6 is 0 Å². The van der Waals surface area contributed by atoms with E-state index in [1.54, 1.807) is 0 Å².